The normalized spacial score (nSPS) is 26.7. The van der Waals surface area contributed by atoms with Gasteiger partial charge in [-0.1, -0.05) is 30.3 Å². The number of rotatable bonds is 5. The number of benzene rings is 1. The first-order chi connectivity index (χ1) is 16.0. The monoisotopic (exact) mass is 445 g/mol. The van der Waals surface area contributed by atoms with Gasteiger partial charge in [-0.25, -0.2) is 9.97 Å². The van der Waals surface area contributed by atoms with Crippen LogP contribution in [-0.4, -0.2) is 43.6 Å². The molecule has 5 rings (SSSR count). The van der Waals surface area contributed by atoms with Gasteiger partial charge in [-0.05, 0) is 42.9 Å². The first-order valence-corrected chi connectivity index (χ1v) is 11.2. The number of hydrogen-bond acceptors (Lipinski definition) is 8. The van der Waals surface area contributed by atoms with E-state index in [1.54, 1.807) is 18.6 Å². The molecule has 33 heavy (non-hydrogen) atoms. The van der Waals surface area contributed by atoms with E-state index in [2.05, 4.69) is 15.0 Å². The maximum Gasteiger partial charge on any atom is 0.189 e. The van der Waals surface area contributed by atoms with Crippen molar-refractivity contribution in [1.29, 1.82) is 0 Å². The number of fused-ring (bicyclic) bond motifs is 1. The summed E-state index contributed by atoms with van der Waals surface area (Å²) in [6.45, 7) is 0. The number of Topliss-reactive ketones (excluding diaryl/α,β-unsaturated/α-hetero) is 1. The number of aliphatic hydroxyl groups is 1. The first kappa shape index (κ1) is 21.6. The summed E-state index contributed by atoms with van der Waals surface area (Å²) in [5, 5.41) is 10.9. The Morgan fingerprint density at radius 3 is 2.85 bits per heavy atom. The minimum atomic E-state index is -0.971. The summed E-state index contributed by atoms with van der Waals surface area (Å²) in [4.78, 5) is 26.2. The van der Waals surface area contributed by atoms with Crippen molar-refractivity contribution in [1.82, 2.24) is 15.0 Å². The average molecular weight is 446 g/mol. The van der Waals surface area contributed by atoms with Crippen molar-refractivity contribution in [3.8, 4) is 11.3 Å². The maximum absolute atomic E-state index is 13.2. The van der Waals surface area contributed by atoms with Gasteiger partial charge in [-0.3, -0.25) is 9.78 Å². The molecule has 1 saturated heterocycles. The lowest BCUT2D eigenvalue weighted by atomic mass is 9.82. The number of nitrogens with zero attached hydrogens (tertiary/aromatic N) is 3. The van der Waals surface area contributed by atoms with E-state index in [9.17, 15) is 9.90 Å². The molecule has 1 saturated carbocycles. The van der Waals surface area contributed by atoms with Crippen molar-refractivity contribution in [3.63, 3.8) is 0 Å². The van der Waals surface area contributed by atoms with Gasteiger partial charge < -0.3 is 21.3 Å². The van der Waals surface area contributed by atoms with Crippen molar-refractivity contribution >= 4 is 11.6 Å². The third-order valence-electron chi connectivity index (χ3n) is 6.81. The minimum Gasteiger partial charge on any atom is -0.386 e. The SMILES string of the molecule is Nc1ncc(-c2ccccc2)nc1C(=O)Cc1cnccc1[C@H]1C[C@@H](N)[C@@]2(O)CCC[C@H]2O1. The molecule has 0 spiro atoms. The molecule has 1 aliphatic heterocycles. The third kappa shape index (κ3) is 4.01. The predicted octanol–water partition coefficient (Wildman–Crippen LogP) is 2.62. The molecule has 2 aliphatic rings. The number of hydrogen-bond donors (Lipinski definition) is 3. The fraction of sp³-hybridized carbons (Fsp3) is 0.360. The standard InChI is InChI=1S/C25H27N5O3/c26-21-12-20(33-22-7-4-9-25(21,22)32)17-8-10-28-13-16(17)11-19(31)23-24(27)29-14-18(30-23)15-5-2-1-3-6-15/h1-3,5-6,8,10,13-14,20-22,32H,4,7,9,11-12,26H2,(H2,27,29)/t20-,21-,22-,25+/m1/s1. The Kier molecular flexibility index (Phi) is 5.65. The van der Waals surface area contributed by atoms with Crippen LogP contribution in [-0.2, 0) is 11.2 Å². The Morgan fingerprint density at radius 1 is 1.21 bits per heavy atom. The molecule has 2 fully saturated rings. The lowest BCUT2D eigenvalue weighted by molar-refractivity contribution is -0.171. The highest BCUT2D eigenvalue weighted by atomic mass is 16.5. The Balaban J connectivity index is 1.41. The lowest BCUT2D eigenvalue weighted by Crippen LogP contribution is -2.58. The van der Waals surface area contributed by atoms with E-state index in [-0.39, 0.29) is 42.0 Å². The number of ether oxygens (including phenoxy) is 1. The second-order valence-electron chi connectivity index (χ2n) is 8.87. The van der Waals surface area contributed by atoms with Crippen LogP contribution in [0.4, 0.5) is 5.82 Å². The second kappa shape index (κ2) is 8.62. The topological polar surface area (TPSA) is 137 Å². The van der Waals surface area contributed by atoms with Gasteiger partial charge in [0.1, 0.15) is 11.3 Å². The van der Waals surface area contributed by atoms with E-state index in [1.165, 1.54) is 0 Å². The molecule has 0 bridgehead atoms. The van der Waals surface area contributed by atoms with E-state index in [0.29, 0.717) is 18.5 Å². The number of anilines is 1. The molecule has 0 unspecified atom stereocenters. The molecule has 8 nitrogen and oxygen atoms in total. The van der Waals surface area contributed by atoms with Crippen molar-refractivity contribution in [3.05, 3.63) is 71.8 Å². The zero-order chi connectivity index (χ0) is 23.0. The largest absolute Gasteiger partial charge is 0.386 e. The van der Waals surface area contributed by atoms with Crippen molar-refractivity contribution in [2.75, 3.05) is 5.73 Å². The molecular weight excluding hydrogens is 418 g/mol. The second-order valence-corrected chi connectivity index (χ2v) is 8.87. The Bertz CT molecular complexity index is 1170. The maximum atomic E-state index is 13.2. The fourth-order valence-electron chi connectivity index (χ4n) is 4.99. The van der Waals surface area contributed by atoms with Crippen molar-refractivity contribution < 1.29 is 14.6 Å². The van der Waals surface area contributed by atoms with E-state index < -0.39 is 5.60 Å². The van der Waals surface area contributed by atoms with Crippen LogP contribution in [0.3, 0.4) is 0 Å². The van der Waals surface area contributed by atoms with Gasteiger partial charge in [0.15, 0.2) is 11.6 Å². The summed E-state index contributed by atoms with van der Waals surface area (Å²) in [5.74, 6) is -0.151. The highest BCUT2D eigenvalue weighted by Gasteiger charge is 2.51. The number of nitrogens with two attached hydrogens (primary N) is 2. The summed E-state index contributed by atoms with van der Waals surface area (Å²) in [7, 11) is 0. The van der Waals surface area contributed by atoms with Gasteiger partial charge in [0.2, 0.25) is 0 Å². The quantitative estimate of drug-likeness (QED) is 0.510. The zero-order valence-electron chi connectivity index (χ0n) is 18.2. The molecule has 2 aromatic heterocycles. The fourth-order valence-corrected chi connectivity index (χ4v) is 4.99. The number of carbonyl (C=O) groups is 1. The van der Waals surface area contributed by atoms with Crippen LogP contribution in [0.1, 0.15) is 53.4 Å². The van der Waals surface area contributed by atoms with Crippen molar-refractivity contribution in [2.45, 2.75) is 56.0 Å². The van der Waals surface area contributed by atoms with E-state index in [1.807, 2.05) is 36.4 Å². The van der Waals surface area contributed by atoms with Crippen LogP contribution in [0, 0.1) is 0 Å². The molecule has 0 amide bonds. The third-order valence-corrected chi connectivity index (χ3v) is 6.81. The molecule has 3 heterocycles. The van der Waals surface area contributed by atoms with Crippen LogP contribution < -0.4 is 11.5 Å². The molecule has 3 aromatic rings. The Morgan fingerprint density at radius 2 is 2.03 bits per heavy atom. The summed E-state index contributed by atoms with van der Waals surface area (Å²) in [6, 6.07) is 11.0. The minimum absolute atomic E-state index is 0.0599. The van der Waals surface area contributed by atoms with Crippen LogP contribution in [0.5, 0.6) is 0 Å². The van der Waals surface area contributed by atoms with E-state index in [0.717, 1.165) is 29.5 Å². The van der Waals surface area contributed by atoms with E-state index >= 15 is 0 Å². The lowest BCUT2D eigenvalue weighted by Gasteiger charge is -2.44. The van der Waals surface area contributed by atoms with Gasteiger partial charge in [0, 0.05) is 30.4 Å². The molecule has 1 aromatic carbocycles. The van der Waals surface area contributed by atoms with Gasteiger partial charge in [0.25, 0.3) is 0 Å². The van der Waals surface area contributed by atoms with Gasteiger partial charge >= 0.3 is 0 Å². The Labute approximate surface area is 192 Å². The van der Waals surface area contributed by atoms with Gasteiger partial charge in [-0.15, -0.1) is 0 Å². The van der Waals surface area contributed by atoms with Gasteiger partial charge in [-0.2, -0.15) is 0 Å². The summed E-state index contributed by atoms with van der Waals surface area (Å²) >= 11 is 0. The number of carbonyl (C=O) groups excluding carboxylic acids is 1. The number of pyridine rings is 1. The molecule has 0 radical (unpaired) electrons. The highest BCUT2D eigenvalue weighted by Crippen LogP contribution is 2.45. The predicted molar refractivity (Wildman–Crippen MR) is 123 cm³/mol. The molecule has 8 heteroatoms. The summed E-state index contributed by atoms with van der Waals surface area (Å²) in [5.41, 5.74) is 14.6. The molecule has 1 aliphatic carbocycles. The Hall–Kier alpha value is -3.20. The van der Waals surface area contributed by atoms with Crippen molar-refractivity contribution in [2.24, 2.45) is 5.73 Å². The molecule has 170 valence electrons. The summed E-state index contributed by atoms with van der Waals surface area (Å²) in [6.07, 6.45) is 7.16. The van der Waals surface area contributed by atoms with Crippen LogP contribution in [0.2, 0.25) is 0 Å². The van der Waals surface area contributed by atoms with Crippen LogP contribution >= 0.6 is 0 Å². The first-order valence-electron chi connectivity index (χ1n) is 11.2. The molecular formula is C25H27N5O3. The molecule has 4 atom stereocenters. The zero-order valence-corrected chi connectivity index (χ0v) is 18.2. The van der Waals surface area contributed by atoms with E-state index in [4.69, 9.17) is 16.2 Å². The van der Waals surface area contributed by atoms with Crippen LogP contribution in [0.15, 0.2) is 55.0 Å². The number of ketones is 1. The molecule has 5 N–H and O–H groups in total. The van der Waals surface area contributed by atoms with Crippen LogP contribution in [0.25, 0.3) is 11.3 Å². The smallest absolute Gasteiger partial charge is 0.189 e. The summed E-state index contributed by atoms with van der Waals surface area (Å²) < 4.78 is 6.28. The van der Waals surface area contributed by atoms with Gasteiger partial charge in [0.05, 0.1) is 24.1 Å². The highest BCUT2D eigenvalue weighted by molar-refractivity contribution is 5.99. The average Bonchev–Trinajstić information content (AvgIpc) is 3.22. The number of aromatic nitrogens is 3. The number of nitrogen functional groups attached to an aromatic ring is 1.